The highest BCUT2D eigenvalue weighted by molar-refractivity contribution is 9.10. The molecule has 19 heavy (non-hydrogen) atoms. The zero-order valence-corrected chi connectivity index (χ0v) is 11.9. The van der Waals surface area contributed by atoms with Crippen molar-refractivity contribution in [1.29, 1.82) is 0 Å². The predicted molar refractivity (Wildman–Crippen MR) is 73.2 cm³/mol. The Labute approximate surface area is 118 Å². The van der Waals surface area contributed by atoms with E-state index in [9.17, 15) is 4.79 Å². The number of pyridine rings is 1. The second-order valence-electron chi connectivity index (χ2n) is 3.73. The molecule has 98 valence electrons. The SMILES string of the molecule is COc1ccc(C(=O)Nc2cc(C)c(Br)cn2)nn1. The maximum Gasteiger partial charge on any atom is 0.277 e. The van der Waals surface area contributed by atoms with Crippen LogP contribution in [0.15, 0.2) is 28.9 Å². The minimum absolute atomic E-state index is 0.197. The van der Waals surface area contributed by atoms with Gasteiger partial charge >= 0.3 is 0 Å². The Morgan fingerprint density at radius 2 is 2.16 bits per heavy atom. The molecule has 2 rings (SSSR count). The van der Waals surface area contributed by atoms with E-state index in [-0.39, 0.29) is 11.6 Å². The van der Waals surface area contributed by atoms with Gasteiger partial charge in [0.1, 0.15) is 5.82 Å². The molecule has 1 amide bonds. The standard InChI is InChI=1S/C12H11BrN4O2/c1-7-5-10(14-6-8(7)13)15-12(18)9-3-4-11(19-2)17-16-9/h3-6H,1-2H3,(H,14,15,18). The third kappa shape index (κ3) is 3.25. The van der Waals surface area contributed by atoms with Crippen LogP contribution in [0.5, 0.6) is 5.88 Å². The lowest BCUT2D eigenvalue weighted by molar-refractivity contribution is 0.102. The van der Waals surface area contributed by atoms with Crippen LogP contribution in [0.1, 0.15) is 16.1 Å². The number of ether oxygens (including phenoxy) is 1. The van der Waals surface area contributed by atoms with Crippen LogP contribution in [0.25, 0.3) is 0 Å². The van der Waals surface area contributed by atoms with Gasteiger partial charge in [-0.05, 0) is 40.5 Å². The van der Waals surface area contributed by atoms with E-state index in [2.05, 4.69) is 36.4 Å². The van der Waals surface area contributed by atoms with Gasteiger partial charge in [-0.1, -0.05) is 0 Å². The zero-order chi connectivity index (χ0) is 13.8. The normalized spacial score (nSPS) is 10.1. The average Bonchev–Trinajstić information content (AvgIpc) is 2.43. The Hall–Kier alpha value is -2.02. The van der Waals surface area contributed by atoms with Crippen molar-refractivity contribution in [2.45, 2.75) is 6.92 Å². The van der Waals surface area contributed by atoms with E-state index in [1.54, 1.807) is 18.3 Å². The molecule has 0 saturated heterocycles. The molecule has 2 aromatic heterocycles. The molecular formula is C12H11BrN4O2. The largest absolute Gasteiger partial charge is 0.480 e. The summed E-state index contributed by atoms with van der Waals surface area (Å²) in [4.78, 5) is 16.0. The van der Waals surface area contributed by atoms with Gasteiger partial charge in [-0.15, -0.1) is 10.2 Å². The van der Waals surface area contributed by atoms with Crippen molar-refractivity contribution in [2.24, 2.45) is 0 Å². The van der Waals surface area contributed by atoms with Crippen LogP contribution in [0, 0.1) is 6.92 Å². The number of halogens is 1. The Morgan fingerprint density at radius 1 is 1.37 bits per heavy atom. The molecule has 0 aromatic carbocycles. The van der Waals surface area contributed by atoms with Crippen LogP contribution in [0.4, 0.5) is 5.82 Å². The van der Waals surface area contributed by atoms with Crippen molar-refractivity contribution in [1.82, 2.24) is 15.2 Å². The summed E-state index contributed by atoms with van der Waals surface area (Å²) in [5, 5.41) is 10.1. The van der Waals surface area contributed by atoms with E-state index in [1.807, 2.05) is 6.92 Å². The van der Waals surface area contributed by atoms with E-state index >= 15 is 0 Å². The number of hydrogen-bond donors (Lipinski definition) is 1. The second kappa shape index (κ2) is 5.75. The van der Waals surface area contributed by atoms with E-state index in [4.69, 9.17) is 4.74 Å². The quantitative estimate of drug-likeness (QED) is 0.937. The third-order valence-electron chi connectivity index (χ3n) is 2.37. The van der Waals surface area contributed by atoms with E-state index in [0.717, 1.165) is 10.0 Å². The number of aromatic nitrogens is 3. The number of aryl methyl sites for hydroxylation is 1. The third-order valence-corrected chi connectivity index (χ3v) is 3.20. The molecule has 0 fully saturated rings. The number of carbonyl (C=O) groups excluding carboxylic acids is 1. The highest BCUT2D eigenvalue weighted by Crippen LogP contribution is 2.17. The molecule has 0 radical (unpaired) electrons. The number of nitrogens with zero attached hydrogens (tertiary/aromatic N) is 3. The first kappa shape index (κ1) is 13.4. The summed E-state index contributed by atoms with van der Waals surface area (Å²) in [5.74, 6) is 0.446. The number of nitrogens with one attached hydrogen (secondary N) is 1. The molecule has 7 heteroatoms. The first-order valence-corrected chi connectivity index (χ1v) is 6.20. The van der Waals surface area contributed by atoms with Gasteiger partial charge in [0, 0.05) is 16.7 Å². The Balaban J connectivity index is 2.13. The monoisotopic (exact) mass is 322 g/mol. The molecule has 6 nitrogen and oxygen atoms in total. The van der Waals surface area contributed by atoms with Crippen molar-refractivity contribution in [3.8, 4) is 5.88 Å². The van der Waals surface area contributed by atoms with Gasteiger partial charge in [0.15, 0.2) is 5.69 Å². The minimum atomic E-state index is -0.371. The van der Waals surface area contributed by atoms with Crippen LogP contribution in [0.2, 0.25) is 0 Å². The molecule has 0 aliphatic heterocycles. The number of carbonyl (C=O) groups is 1. The summed E-state index contributed by atoms with van der Waals surface area (Å²) in [6.07, 6.45) is 1.63. The number of anilines is 1. The molecule has 0 aliphatic carbocycles. The summed E-state index contributed by atoms with van der Waals surface area (Å²) in [6, 6.07) is 4.87. The van der Waals surface area contributed by atoms with Gasteiger partial charge in [0.05, 0.1) is 7.11 Å². The van der Waals surface area contributed by atoms with Crippen LogP contribution in [-0.2, 0) is 0 Å². The zero-order valence-electron chi connectivity index (χ0n) is 10.3. The number of amides is 1. The fourth-order valence-electron chi connectivity index (χ4n) is 1.34. The smallest absolute Gasteiger partial charge is 0.277 e. The molecule has 0 atom stereocenters. The average molecular weight is 323 g/mol. The Kier molecular flexibility index (Phi) is 4.06. The topological polar surface area (TPSA) is 77.0 Å². The van der Waals surface area contributed by atoms with Crippen molar-refractivity contribution in [3.63, 3.8) is 0 Å². The lowest BCUT2D eigenvalue weighted by atomic mass is 10.3. The number of methoxy groups -OCH3 is 1. The second-order valence-corrected chi connectivity index (χ2v) is 4.59. The van der Waals surface area contributed by atoms with Gasteiger partial charge in [-0.3, -0.25) is 4.79 Å². The molecule has 0 bridgehead atoms. The molecular weight excluding hydrogens is 312 g/mol. The van der Waals surface area contributed by atoms with Crippen molar-refractivity contribution < 1.29 is 9.53 Å². The minimum Gasteiger partial charge on any atom is -0.480 e. The molecule has 2 aromatic rings. The first-order valence-electron chi connectivity index (χ1n) is 5.41. The van der Waals surface area contributed by atoms with E-state index in [0.29, 0.717) is 11.7 Å². The van der Waals surface area contributed by atoms with Crippen molar-refractivity contribution in [2.75, 3.05) is 12.4 Å². The van der Waals surface area contributed by atoms with Crippen LogP contribution < -0.4 is 10.1 Å². The fraction of sp³-hybridized carbons (Fsp3) is 0.167. The van der Waals surface area contributed by atoms with Gasteiger partial charge in [0.25, 0.3) is 5.91 Å². The van der Waals surface area contributed by atoms with Crippen LogP contribution in [0.3, 0.4) is 0 Å². The molecule has 1 N–H and O–H groups in total. The summed E-state index contributed by atoms with van der Waals surface area (Å²) in [6.45, 7) is 1.91. The van der Waals surface area contributed by atoms with Gasteiger partial charge in [0.2, 0.25) is 5.88 Å². The highest BCUT2D eigenvalue weighted by Gasteiger charge is 2.10. The lowest BCUT2D eigenvalue weighted by Crippen LogP contribution is -2.15. The van der Waals surface area contributed by atoms with Crippen molar-refractivity contribution in [3.05, 3.63) is 40.1 Å². The maximum atomic E-state index is 11.9. The molecule has 0 spiro atoms. The molecule has 0 saturated carbocycles. The molecule has 0 unspecified atom stereocenters. The summed E-state index contributed by atoms with van der Waals surface area (Å²) < 4.78 is 5.76. The Morgan fingerprint density at radius 3 is 2.74 bits per heavy atom. The van der Waals surface area contributed by atoms with E-state index < -0.39 is 0 Å². The fourth-order valence-corrected chi connectivity index (χ4v) is 1.55. The van der Waals surface area contributed by atoms with Gasteiger partial charge < -0.3 is 10.1 Å². The number of rotatable bonds is 3. The van der Waals surface area contributed by atoms with Crippen LogP contribution in [-0.4, -0.2) is 28.2 Å². The summed E-state index contributed by atoms with van der Waals surface area (Å²) >= 11 is 3.34. The molecule has 0 aliphatic rings. The molecule has 2 heterocycles. The first-order chi connectivity index (χ1) is 9.10. The van der Waals surface area contributed by atoms with Crippen molar-refractivity contribution >= 4 is 27.7 Å². The maximum absolute atomic E-state index is 11.9. The van der Waals surface area contributed by atoms with Gasteiger partial charge in [-0.2, -0.15) is 0 Å². The Bertz CT molecular complexity index is 601. The van der Waals surface area contributed by atoms with Gasteiger partial charge in [-0.25, -0.2) is 4.98 Å². The predicted octanol–water partition coefficient (Wildman–Crippen LogP) is 2.20. The lowest BCUT2D eigenvalue weighted by Gasteiger charge is -2.05. The highest BCUT2D eigenvalue weighted by atomic mass is 79.9. The van der Waals surface area contributed by atoms with E-state index in [1.165, 1.54) is 13.2 Å². The summed E-state index contributed by atoms with van der Waals surface area (Å²) in [5.41, 5.74) is 1.18. The number of hydrogen-bond acceptors (Lipinski definition) is 5. The van der Waals surface area contributed by atoms with Crippen LogP contribution >= 0.6 is 15.9 Å². The summed E-state index contributed by atoms with van der Waals surface area (Å²) in [7, 11) is 1.48.